The van der Waals surface area contributed by atoms with Gasteiger partial charge in [-0.3, -0.25) is 4.79 Å². The Hall–Kier alpha value is -1.35. The fourth-order valence-electron chi connectivity index (χ4n) is 1.83. The van der Waals surface area contributed by atoms with Gasteiger partial charge in [-0.05, 0) is 44.0 Å². The van der Waals surface area contributed by atoms with Crippen LogP contribution >= 0.6 is 0 Å². The number of anilines is 1. The van der Waals surface area contributed by atoms with Crippen LogP contribution in [0.25, 0.3) is 0 Å². The molecule has 0 saturated heterocycles. The molecule has 0 fully saturated rings. The van der Waals surface area contributed by atoms with Gasteiger partial charge in [0, 0.05) is 17.1 Å². The van der Waals surface area contributed by atoms with Crippen LogP contribution in [0.4, 0.5) is 5.69 Å². The van der Waals surface area contributed by atoms with Crippen molar-refractivity contribution < 1.29 is 4.79 Å². The first-order chi connectivity index (χ1) is 9.40. The van der Waals surface area contributed by atoms with Crippen molar-refractivity contribution in [2.24, 2.45) is 5.41 Å². The van der Waals surface area contributed by atoms with Crippen LogP contribution in [-0.4, -0.2) is 12.5 Å². The van der Waals surface area contributed by atoms with Crippen molar-refractivity contribution in [3.05, 3.63) is 29.8 Å². The van der Waals surface area contributed by atoms with Crippen molar-refractivity contribution in [2.45, 2.75) is 53.5 Å². The normalized spacial score (nSPS) is 13.1. The Kier molecular flexibility index (Phi) is 6.21. The minimum Gasteiger partial charge on any atom is -0.326 e. The van der Waals surface area contributed by atoms with Crippen molar-refractivity contribution in [1.29, 1.82) is 0 Å². The first-order valence-corrected chi connectivity index (χ1v) is 7.55. The lowest BCUT2D eigenvalue weighted by Crippen LogP contribution is -2.30. The summed E-state index contributed by atoms with van der Waals surface area (Å²) in [6, 6.07) is 8.38. The molecule has 1 unspecified atom stereocenters. The number of carbonyl (C=O) groups is 1. The molecule has 1 rings (SSSR count). The maximum atomic E-state index is 12.2. The Labute approximate surface area is 123 Å². The number of nitrogens with one attached hydrogen (secondary N) is 2. The van der Waals surface area contributed by atoms with Gasteiger partial charge in [0.1, 0.15) is 0 Å². The molecule has 0 aliphatic carbocycles. The van der Waals surface area contributed by atoms with Crippen LogP contribution in [0.2, 0.25) is 0 Å². The van der Waals surface area contributed by atoms with E-state index >= 15 is 0 Å². The second kappa shape index (κ2) is 7.44. The summed E-state index contributed by atoms with van der Waals surface area (Å²) in [6.07, 6.45) is 1.94. The second-order valence-electron chi connectivity index (χ2n) is 5.99. The Morgan fingerprint density at radius 2 is 2.00 bits per heavy atom. The standard InChI is InChI=1S/C17H28N2O/c1-6-11-18-13(3)14-9-8-10-15(12-14)19-16(20)17(4,5)7-2/h8-10,12-13,18H,6-7,11H2,1-5H3,(H,19,20). The number of rotatable bonds is 7. The van der Waals surface area contributed by atoms with Gasteiger partial charge in [-0.15, -0.1) is 0 Å². The maximum Gasteiger partial charge on any atom is 0.230 e. The summed E-state index contributed by atoms with van der Waals surface area (Å²) in [5.41, 5.74) is 1.74. The average Bonchev–Trinajstić information content (AvgIpc) is 2.44. The molecule has 0 heterocycles. The molecule has 3 heteroatoms. The summed E-state index contributed by atoms with van der Waals surface area (Å²) in [4.78, 5) is 12.2. The predicted molar refractivity (Wildman–Crippen MR) is 85.9 cm³/mol. The number of benzene rings is 1. The highest BCUT2D eigenvalue weighted by atomic mass is 16.2. The Balaban J connectivity index is 2.76. The fraction of sp³-hybridized carbons (Fsp3) is 0.588. The number of hydrogen-bond donors (Lipinski definition) is 2. The zero-order chi connectivity index (χ0) is 15.2. The summed E-state index contributed by atoms with van der Waals surface area (Å²) in [5, 5.41) is 6.48. The lowest BCUT2D eigenvalue weighted by molar-refractivity contribution is -0.124. The van der Waals surface area contributed by atoms with Gasteiger partial charge in [-0.1, -0.05) is 39.8 Å². The van der Waals surface area contributed by atoms with E-state index < -0.39 is 0 Å². The number of hydrogen-bond acceptors (Lipinski definition) is 2. The van der Waals surface area contributed by atoms with Gasteiger partial charge < -0.3 is 10.6 Å². The average molecular weight is 276 g/mol. The molecular weight excluding hydrogens is 248 g/mol. The largest absolute Gasteiger partial charge is 0.326 e. The Morgan fingerprint density at radius 1 is 1.30 bits per heavy atom. The topological polar surface area (TPSA) is 41.1 Å². The zero-order valence-electron chi connectivity index (χ0n) is 13.4. The first-order valence-electron chi connectivity index (χ1n) is 7.55. The second-order valence-corrected chi connectivity index (χ2v) is 5.99. The number of carbonyl (C=O) groups excluding carboxylic acids is 1. The molecule has 1 aromatic rings. The third-order valence-corrected chi connectivity index (χ3v) is 3.84. The Bertz CT molecular complexity index is 440. The lowest BCUT2D eigenvalue weighted by atomic mass is 9.89. The summed E-state index contributed by atoms with van der Waals surface area (Å²) in [7, 11) is 0. The van der Waals surface area contributed by atoms with Crippen LogP contribution < -0.4 is 10.6 Å². The number of amides is 1. The first kappa shape index (κ1) is 16.7. The molecular formula is C17H28N2O. The third-order valence-electron chi connectivity index (χ3n) is 3.84. The molecule has 1 amide bonds. The summed E-state index contributed by atoms with van der Waals surface area (Å²) < 4.78 is 0. The fourth-order valence-corrected chi connectivity index (χ4v) is 1.83. The van der Waals surface area contributed by atoms with Gasteiger partial charge in [0.2, 0.25) is 5.91 Å². The van der Waals surface area contributed by atoms with Gasteiger partial charge >= 0.3 is 0 Å². The molecule has 0 spiro atoms. The molecule has 20 heavy (non-hydrogen) atoms. The van der Waals surface area contributed by atoms with E-state index in [2.05, 4.69) is 36.6 Å². The van der Waals surface area contributed by atoms with E-state index in [-0.39, 0.29) is 11.3 Å². The molecule has 1 aromatic carbocycles. The molecule has 0 aromatic heterocycles. The van der Waals surface area contributed by atoms with Crippen molar-refractivity contribution in [3.8, 4) is 0 Å². The lowest BCUT2D eigenvalue weighted by Gasteiger charge is -2.22. The van der Waals surface area contributed by atoms with Gasteiger partial charge in [-0.25, -0.2) is 0 Å². The van der Waals surface area contributed by atoms with Gasteiger partial charge in [0.05, 0.1) is 0 Å². The molecule has 0 bridgehead atoms. The molecule has 112 valence electrons. The molecule has 0 aliphatic heterocycles. The van der Waals surface area contributed by atoms with Crippen LogP contribution in [-0.2, 0) is 4.79 Å². The van der Waals surface area contributed by atoms with E-state index in [1.54, 1.807) is 0 Å². The molecule has 2 N–H and O–H groups in total. The van der Waals surface area contributed by atoms with E-state index in [9.17, 15) is 4.79 Å². The van der Waals surface area contributed by atoms with E-state index in [1.165, 1.54) is 5.56 Å². The highest BCUT2D eigenvalue weighted by molar-refractivity contribution is 5.94. The van der Waals surface area contributed by atoms with Crippen LogP contribution in [0.1, 0.15) is 59.1 Å². The van der Waals surface area contributed by atoms with Crippen LogP contribution in [0.5, 0.6) is 0 Å². The van der Waals surface area contributed by atoms with Crippen molar-refractivity contribution >= 4 is 11.6 Å². The van der Waals surface area contributed by atoms with Crippen LogP contribution in [0.3, 0.4) is 0 Å². The third kappa shape index (κ3) is 4.64. The van der Waals surface area contributed by atoms with Crippen molar-refractivity contribution in [1.82, 2.24) is 5.32 Å². The zero-order valence-corrected chi connectivity index (χ0v) is 13.4. The molecule has 0 aliphatic rings. The molecule has 0 saturated carbocycles. The minimum atomic E-state index is -0.331. The minimum absolute atomic E-state index is 0.0753. The van der Waals surface area contributed by atoms with Gasteiger partial charge in [0.15, 0.2) is 0 Å². The molecule has 0 radical (unpaired) electrons. The summed E-state index contributed by atoms with van der Waals surface area (Å²) in [6.45, 7) is 11.3. The smallest absolute Gasteiger partial charge is 0.230 e. The van der Waals surface area contributed by atoms with Gasteiger partial charge in [-0.2, -0.15) is 0 Å². The van der Waals surface area contributed by atoms with E-state index in [0.29, 0.717) is 6.04 Å². The van der Waals surface area contributed by atoms with Crippen molar-refractivity contribution in [3.63, 3.8) is 0 Å². The van der Waals surface area contributed by atoms with E-state index in [4.69, 9.17) is 0 Å². The van der Waals surface area contributed by atoms with Crippen LogP contribution in [0, 0.1) is 5.41 Å². The van der Waals surface area contributed by atoms with Crippen LogP contribution in [0.15, 0.2) is 24.3 Å². The van der Waals surface area contributed by atoms with Gasteiger partial charge in [0.25, 0.3) is 0 Å². The maximum absolute atomic E-state index is 12.2. The van der Waals surface area contributed by atoms with Crippen molar-refractivity contribution in [2.75, 3.05) is 11.9 Å². The Morgan fingerprint density at radius 3 is 2.60 bits per heavy atom. The monoisotopic (exact) mass is 276 g/mol. The molecule has 1 atom stereocenters. The molecule has 3 nitrogen and oxygen atoms in total. The quantitative estimate of drug-likeness (QED) is 0.786. The predicted octanol–water partition coefficient (Wildman–Crippen LogP) is 4.12. The van der Waals surface area contributed by atoms with E-state index in [0.717, 1.165) is 25.1 Å². The highest BCUT2D eigenvalue weighted by Gasteiger charge is 2.25. The highest BCUT2D eigenvalue weighted by Crippen LogP contribution is 2.23. The van der Waals surface area contributed by atoms with E-state index in [1.807, 2.05) is 32.9 Å². The SMILES string of the molecule is CCCNC(C)c1cccc(NC(=O)C(C)(C)CC)c1. The summed E-state index contributed by atoms with van der Waals surface area (Å²) in [5.74, 6) is 0.0753. The summed E-state index contributed by atoms with van der Waals surface area (Å²) >= 11 is 0.